The Morgan fingerprint density at radius 1 is 1.25 bits per heavy atom. The molecule has 0 unspecified atom stereocenters. The number of rotatable bonds is 8. The Morgan fingerprint density at radius 3 is 2.69 bits per heavy atom. The van der Waals surface area contributed by atoms with Crippen LogP contribution in [-0.2, 0) is 6.42 Å². The molecule has 32 heavy (non-hydrogen) atoms. The van der Waals surface area contributed by atoms with Gasteiger partial charge in [0.25, 0.3) is 5.56 Å². The fourth-order valence-corrected chi connectivity index (χ4v) is 3.05. The average molecular weight is 467 g/mol. The van der Waals surface area contributed by atoms with Crippen LogP contribution in [0, 0.1) is 5.41 Å². The summed E-state index contributed by atoms with van der Waals surface area (Å²) in [5, 5.41) is 10.8. The van der Waals surface area contributed by atoms with Crippen LogP contribution in [-0.4, -0.2) is 29.2 Å². The SMILES string of the molecule is CCOc1ccc(Cl)c(Nc2nc(Cc3ccccc3OC(F)(F)F)[nH]c(=O)c2C=N)c1. The number of aromatic amines is 1. The summed E-state index contributed by atoms with van der Waals surface area (Å²) in [7, 11) is 0. The molecule has 168 valence electrons. The van der Waals surface area contributed by atoms with E-state index in [1.807, 2.05) is 6.92 Å². The average Bonchev–Trinajstić information content (AvgIpc) is 2.71. The van der Waals surface area contributed by atoms with Gasteiger partial charge in [-0.05, 0) is 25.1 Å². The van der Waals surface area contributed by atoms with Crippen LogP contribution < -0.4 is 20.3 Å². The summed E-state index contributed by atoms with van der Waals surface area (Å²) >= 11 is 6.22. The third-order valence-corrected chi connectivity index (χ3v) is 4.54. The minimum absolute atomic E-state index is 0.0171. The van der Waals surface area contributed by atoms with Crippen LogP contribution in [0.5, 0.6) is 11.5 Å². The van der Waals surface area contributed by atoms with Gasteiger partial charge >= 0.3 is 6.36 Å². The highest BCUT2D eigenvalue weighted by atomic mass is 35.5. The van der Waals surface area contributed by atoms with Crippen molar-refractivity contribution in [2.45, 2.75) is 19.7 Å². The smallest absolute Gasteiger partial charge is 0.494 e. The Hall–Kier alpha value is -3.53. The number of nitrogens with one attached hydrogen (secondary N) is 3. The maximum Gasteiger partial charge on any atom is 0.573 e. The van der Waals surface area contributed by atoms with E-state index < -0.39 is 17.7 Å². The highest BCUT2D eigenvalue weighted by Crippen LogP contribution is 2.30. The number of para-hydroxylation sites is 1. The van der Waals surface area contributed by atoms with Crippen LogP contribution in [0.25, 0.3) is 0 Å². The lowest BCUT2D eigenvalue weighted by Crippen LogP contribution is -2.20. The predicted octanol–water partition coefficient (Wildman–Crippen LogP) is 5.05. The first-order valence-electron chi connectivity index (χ1n) is 9.37. The van der Waals surface area contributed by atoms with Gasteiger partial charge in [0.15, 0.2) is 0 Å². The van der Waals surface area contributed by atoms with E-state index in [2.05, 4.69) is 20.0 Å². The minimum atomic E-state index is -4.87. The van der Waals surface area contributed by atoms with E-state index >= 15 is 0 Å². The number of benzene rings is 2. The normalized spacial score (nSPS) is 11.2. The van der Waals surface area contributed by atoms with Gasteiger partial charge in [0.2, 0.25) is 0 Å². The molecule has 3 rings (SSSR count). The number of hydrogen-bond donors (Lipinski definition) is 3. The van der Waals surface area contributed by atoms with E-state index in [0.29, 0.717) is 23.1 Å². The molecule has 0 radical (unpaired) electrons. The summed E-state index contributed by atoms with van der Waals surface area (Å²) in [5.74, 6) is 0.210. The molecule has 0 bridgehead atoms. The van der Waals surface area contributed by atoms with Crippen molar-refractivity contribution in [2.24, 2.45) is 0 Å². The van der Waals surface area contributed by atoms with Crippen molar-refractivity contribution in [3.8, 4) is 11.5 Å². The largest absolute Gasteiger partial charge is 0.573 e. The number of ether oxygens (including phenoxy) is 2. The van der Waals surface area contributed by atoms with Gasteiger partial charge in [-0.3, -0.25) is 4.79 Å². The summed E-state index contributed by atoms with van der Waals surface area (Å²) in [4.78, 5) is 19.3. The lowest BCUT2D eigenvalue weighted by atomic mass is 10.1. The molecule has 0 aliphatic carbocycles. The van der Waals surface area contributed by atoms with Crippen LogP contribution in [0.2, 0.25) is 5.02 Å². The standard InChI is InChI=1S/C21H18ClF3N4O3/c1-2-31-13-7-8-15(22)16(10-13)27-19-14(11-26)20(30)29-18(28-19)9-12-5-3-4-6-17(12)32-21(23,24)25/h3-8,10-11,26H,2,9H2,1H3,(H2,27,28,29,30). The summed E-state index contributed by atoms with van der Waals surface area (Å²) < 4.78 is 47.6. The van der Waals surface area contributed by atoms with Crippen molar-refractivity contribution in [1.82, 2.24) is 9.97 Å². The molecular formula is C21H18ClF3N4O3. The number of alkyl halides is 3. The number of nitrogens with zero attached hydrogens (tertiary/aromatic N) is 1. The van der Waals surface area contributed by atoms with Crippen molar-refractivity contribution in [1.29, 1.82) is 5.41 Å². The van der Waals surface area contributed by atoms with Crippen molar-refractivity contribution >= 4 is 29.3 Å². The maximum absolute atomic E-state index is 12.7. The van der Waals surface area contributed by atoms with Crippen LogP contribution in [0.1, 0.15) is 23.9 Å². The third kappa shape index (κ3) is 5.79. The van der Waals surface area contributed by atoms with Gasteiger partial charge in [-0.2, -0.15) is 0 Å². The van der Waals surface area contributed by atoms with E-state index in [4.69, 9.17) is 21.7 Å². The molecule has 0 spiro atoms. The topological polar surface area (TPSA) is 100 Å². The second kappa shape index (κ2) is 9.73. The number of aromatic nitrogens is 2. The quantitative estimate of drug-likeness (QED) is 0.403. The van der Waals surface area contributed by atoms with Crippen molar-refractivity contribution in [3.63, 3.8) is 0 Å². The number of hydrogen-bond acceptors (Lipinski definition) is 6. The molecule has 11 heteroatoms. The van der Waals surface area contributed by atoms with Gasteiger partial charge in [0, 0.05) is 24.3 Å². The summed E-state index contributed by atoms with van der Waals surface area (Å²) in [6.45, 7) is 2.25. The summed E-state index contributed by atoms with van der Waals surface area (Å²) in [6, 6.07) is 10.4. The van der Waals surface area contributed by atoms with Crippen LogP contribution >= 0.6 is 11.6 Å². The zero-order chi connectivity index (χ0) is 23.3. The van der Waals surface area contributed by atoms with Crippen molar-refractivity contribution in [3.05, 3.63) is 74.8 Å². The minimum Gasteiger partial charge on any atom is -0.494 e. The van der Waals surface area contributed by atoms with Crippen LogP contribution in [0.3, 0.4) is 0 Å². The Labute approximate surface area is 185 Å². The molecule has 3 aromatic rings. The summed E-state index contributed by atoms with van der Waals surface area (Å²) in [6.07, 6.45) is -4.20. The molecule has 1 aromatic heterocycles. The first-order valence-corrected chi connectivity index (χ1v) is 9.74. The van der Waals surface area contributed by atoms with E-state index in [-0.39, 0.29) is 29.2 Å². The van der Waals surface area contributed by atoms with E-state index in [9.17, 15) is 18.0 Å². The third-order valence-electron chi connectivity index (χ3n) is 4.21. The zero-order valence-electron chi connectivity index (χ0n) is 16.7. The molecule has 0 aliphatic rings. The van der Waals surface area contributed by atoms with Crippen LogP contribution in [0.15, 0.2) is 47.3 Å². The second-order valence-electron chi connectivity index (χ2n) is 6.45. The van der Waals surface area contributed by atoms with Gasteiger partial charge in [-0.25, -0.2) is 4.98 Å². The second-order valence-corrected chi connectivity index (χ2v) is 6.86. The van der Waals surface area contributed by atoms with Gasteiger partial charge < -0.3 is 25.2 Å². The first kappa shape index (κ1) is 23.1. The highest BCUT2D eigenvalue weighted by Gasteiger charge is 2.32. The molecule has 1 heterocycles. The zero-order valence-corrected chi connectivity index (χ0v) is 17.5. The highest BCUT2D eigenvalue weighted by molar-refractivity contribution is 6.33. The maximum atomic E-state index is 12.7. The lowest BCUT2D eigenvalue weighted by Gasteiger charge is -2.15. The Morgan fingerprint density at radius 2 is 2.00 bits per heavy atom. The van der Waals surface area contributed by atoms with Crippen LogP contribution in [0.4, 0.5) is 24.7 Å². The van der Waals surface area contributed by atoms with E-state index in [0.717, 1.165) is 6.21 Å². The van der Waals surface area contributed by atoms with E-state index in [1.54, 1.807) is 24.3 Å². The molecule has 3 N–H and O–H groups in total. The molecule has 0 saturated heterocycles. The molecule has 0 saturated carbocycles. The van der Waals surface area contributed by atoms with E-state index in [1.165, 1.54) is 18.2 Å². The van der Waals surface area contributed by atoms with Gasteiger partial charge in [0.05, 0.1) is 22.9 Å². The molecule has 0 fully saturated rings. The predicted molar refractivity (Wildman–Crippen MR) is 115 cm³/mol. The van der Waals surface area contributed by atoms with Crippen molar-refractivity contribution < 1.29 is 22.6 Å². The first-order chi connectivity index (χ1) is 15.2. The lowest BCUT2D eigenvalue weighted by molar-refractivity contribution is -0.274. The summed E-state index contributed by atoms with van der Waals surface area (Å²) in [5.41, 5.74) is -0.172. The van der Waals surface area contributed by atoms with Gasteiger partial charge in [-0.1, -0.05) is 29.8 Å². The fourth-order valence-electron chi connectivity index (χ4n) is 2.88. The number of anilines is 2. The van der Waals surface area contributed by atoms with Crippen molar-refractivity contribution in [2.75, 3.05) is 11.9 Å². The molecule has 0 aliphatic heterocycles. The Bertz CT molecular complexity index is 1180. The Balaban J connectivity index is 1.98. The monoisotopic (exact) mass is 466 g/mol. The molecule has 2 aromatic carbocycles. The Kier molecular flexibility index (Phi) is 7.04. The number of halogens is 4. The number of H-pyrrole nitrogens is 1. The van der Waals surface area contributed by atoms with Gasteiger partial charge in [-0.15, -0.1) is 13.2 Å². The molecule has 0 atom stereocenters. The fraction of sp³-hybridized carbons (Fsp3) is 0.190. The molecule has 7 nitrogen and oxygen atoms in total. The van der Waals surface area contributed by atoms with Gasteiger partial charge in [0.1, 0.15) is 23.1 Å². The molecule has 0 amide bonds. The molecular weight excluding hydrogens is 449 g/mol.